The molecule has 1 aliphatic carbocycles. The first-order valence-corrected chi connectivity index (χ1v) is 8.86. The van der Waals surface area contributed by atoms with Gasteiger partial charge in [0.05, 0.1) is 11.7 Å². The molecule has 2 aromatic carbocycles. The Kier molecular flexibility index (Phi) is 4.29. The lowest BCUT2D eigenvalue weighted by Gasteiger charge is -2.13. The van der Waals surface area contributed by atoms with Gasteiger partial charge in [0.15, 0.2) is 5.69 Å². The van der Waals surface area contributed by atoms with Crippen molar-refractivity contribution in [3.05, 3.63) is 82.9 Å². The van der Waals surface area contributed by atoms with Gasteiger partial charge in [-0.1, -0.05) is 30.3 Å². The van der Waals surface area contributed by atoms with E-state index >= 15 is 0 Å². The molecule has 0 spiro atoms. The average molecular weight is 349 g/mol. The summed E-state index contributed by atoms with van der Waals surface area (Å²) in [5.41, 5.74) is 4.36. The summed E-state index contributed by atoms with van der Waals surface area (Å²) < 4.78 is 15.0. The Hall–Kier alpha value is -2.95. The van der Waals surface area contributed by atoms with E-state index in [1.54, 1.807) is 16.8 Å². The second-order valence-electron chi connectivity index (χ2n) is 6.62. The molecule has 0 bridgehead atoms. The highest BCUT2D eigenvalue weighted by atomic mass is 19.1. The lowest BCUT2D eigenvalue weighted by Crippen LogP contribution is -2.27. The third-order valence-corrected chi connectivity index (χ3v) is 4.86. The molecule has 1 amide bonds. The van der Waals surface area contributed by atoms with Gasteiger partial charge in [-0.05, 0) is 56.0 Å². The van der Waals surface area contributed by atoms with E-state index in [1.165, 1.54) is 12.1 Å². The largest absolute Gasteiger partial charge is 0.344 e. The highest BCUT2D eigenvalue weighted by Gasteiger charge is 2.27. The third kappa shape index (κ3) is 3.01. The Morgan fingerprint density at radius 2 is 1.85 bits per heavy atom. The third-order valence-electron chi connectivity index (χ3n) is 4.86. The van der Waals surface area contributed by atoms with Crippen molar-refractivity contribution in [3.8, 4) is 5.69 Å². The summed E-state index contributed by atoms with van der Waals surface area (Å²) in [4.78, 5) is 12.8. The van der Waals surface area contributed by atoms with Crippen LogP contribution in [0.5, 0.6) is 0 Å². The molecule has 3 aromatic rings. The second-order valence-corrected chi connectivity index (χ2v) is 6.62. The van der Waals surface area contributed by atoms with Crippen LogP contribution in [0.1, 0.15) is 46.7 Å². The van der Waals surface area contributed by atoms with Gasteiger partial charge < -0.3 is 5.32 Å². The molecule has 0 saturated carbocycles. The number of carbonyl (C=O) groups excluding carboxylic acids is 1. The van der Waals surface area contributed by atoms with Crippen LogP contribution in [0, 0.1) is 5.82 Å². The number of benzene rings is 2. The number of fused-ring (bicyclic) bond motifs is 1. The monoisotopic (exact) mass is 349 g/mol. The Balaban J connectivity index is 1.64. The lowest BCUT2D eigenvalue weighted by atomic mass is 10.1. The summed E-state index contributed by atoms with van der Waals surface area (Å²) in [5, 5.41) is 7.60. The van der Waals surface area contributed by atoms with Crippen LogP contribution in [0.3, 0.4) is 0 Å². The molecule has 5 heteroatoms. The molecular weight excluding hydrogens is 329 g/mol. The first-order chi connectivity index (χ1) is 12.6. The van der Waals surface area contributed by atoms with E-state index in [-0.39, 0.29) is 17.8 Å². The van der Waals surface area contributed by atoms with E-state index in [4.69, 9.17) is 0 Å². The zero-order valence-electron chi connectivity index (χ0n) is 14.6. The van der Waals surface area contributed by atoms with Gasteiger partial charge in [-0.15, -0.1) is 0 Å². The van der Waals surface area contributed by atoms with Gasteiger partial charge in [-0.25, -0.2) is 9.07 Å². The number of nitrogens with one attached hydrogen (secondary N) is 1. The van der Waals surface area contributed by atoms with Gasteiger partial charge in [-0.2, -0.15) is 5.10 Å². The number of hydrogen-bond donors (Lipinski definition) is 1. The predicted molar refractivity (Wildman–Crippen MR) is 97.9 cm³/mol. The molecule has 0 radical (unpaired) electrons. The fourth-order valence-corrected chi connectivity index (χ4v) is 3.51. The zero-order valence-corrected chi connectivity index (χ0v) is 14.6. The molecule has 0 fully saturated rings. The smallest absolute Gasteiger partial charge is 0.272 e. The molecule has 1 aliphatic rings. The van der Waals surface area contributed by atoms with Crippen LogP contribution in [-0.4, -0.2) is 15.7 Å². The SMILES string of the molecule is C[C@H](NC(=O)c1nn(-c2ccc(F)cc2)c2c1CCC2)c1ccccc1. The Labute approximate surface area is 151 Å². The normalized spacial score (nSPS) is 14.1. The maximum atomic E-state index is 13.2. The Morgan fingerprint density at radius 3 is 2.58 bits per heavy atom. The maximum absolute atomic E-state index is 13.2. The molecule has 1 N–H and O–H groups in total. The summed E-state index contributed by atoms with van der Waals surface area (Å²) in [6, 6.07) is 16.0. The highest BCUT2D eigenvalue weighted by Crippen LogP contribution is 2.28. The van der Waals surface area contributed by atoms with Crippen molar-refractivity contribution >= 4 is 5.91 Å². The van der Waals surface area contributed by atoms with E-state index in [0.717, 1.165) is 41.8 Å². The second kappa shape index (κ2) is 6.75. The minimum absolute atomic E-state index is 0.100. The highest BCUT2D eigenvalue weighted by molar-refractivity contribution is 5.94. The van der Waals surface area contributed by atoms with E-state index in [1.807, 2.05) is 37.3 Å². The number of carbonyl (C=O) groups is 1. The van der Waals surface area contributed by atoms with Crippen molar-refractivity contribution in [2.45, 2.75) is 32.2 Å². The number of aromatic nitrogens is 2. The molecule has 1 aromatic heterocycles. The van der Waals surface area contributed by atoms with Crippen molar-refractivity contribution < 1.29 is 9.18 Å². The van der Waals surface area contributed by atoms with Gasteiger partial charge in [0.25, 0.3) is 5.91 Å². The Bertz CT molecular complexity index is 932. The predicted octanol–water partition coefficient (Wildman–Crippen LogP) is 3.99. The van der Waals surface area contributed by atoms with Crippen LogP contribution in [0.25, 0.3) is 5.69 Å². The van der Waals surface area contributed by atoms with Crippen molar-refractivity contribution in [3.63, 3.8) is 0 Å². The summed E-state index contributed by atoms with van der Waals surface area (Å²) in [6.45, 7) is 1.96. The number of halogens is 1. The van der Waals surface area contributed by atoms with Gasteiger partial charge in [0.2, 0.25) is 0 Å². The van der Waals surface area contributed by atoms with Crippen molar-refractivity contribution in [2.24, 2.45) is 0 Å². The van der Waals surface area contributed by atoms with Gasteiger partial charge in [0, 0.05) is 11.3 Å². The quantitative estimate of drug-likeness (QED) is 0.774. The molecular formula is C21H20FN3O. The molecule has 1 heterocycles. The number of rotatable bonds is 4. The Morgan fingerprint density at radius 1 is 1.12 bits per heavy atom. The fourth-order valence-electron chi connectivity index (χ4n) is 3.51. The van der Waals surface area contributed by atoms with Crippen LogP contribution >= 0.6 is 0 Å². The number of amides is 1. The topological polar surface area (TPSA) is 46.9 Å². The van der Waals surface area contributed by atoms with Crippen LogP contribution in [0.15, 0.2) is 54.6 Å². The molecule has 26 heavy (non-hydrogen) atoms. The molecule has 1 atom stereocenters. The average Bonchev–Trinajstić information content (AvgIpc) is 3.26. The first kappa shape index (κ1) is 16.5. The zero-order chi connectivity index (χ0) is 18.1. The van der Waals surface area contributed by atoms with Gasteiger partial charge in [0.1, 0.15) is 5.82 Å². The minimum atomic E-state index is -0.285. The summed E-state index contributed by atoms with van der Waals surface area (Å²) in [7, 11) is 0. The molecule has 0 saturated heterocycles. The summed E-state index contributed by atoms with van der Waals surface area (Å²) in [6.07, 6.45) is 2.73. The number of hydrogen-bond acceptors (Lipinski definition) is 2. The number of nitrogens with zero attached hydrogens (tertiary/aromatic N) is 2. The molecule has 0 unspecified atom stereocenters. The van der Waals surface area contributed by atoms with Crippen LogP contribution in [0.4, 0.5) is 4.39 Å². The van der Waals surface area contributed by atoms with Gasteiger partial charge in [-0.3, -0.25) is 4.79 Å². The van der Waals surface area contributed by atoms with E-state index in [9.17, 15) is 9.18 Å². The van der Waals surface area contributed by atoms with E-state index in [2.05, 4.69) is 10.4 Å². The van der Waals surface area contributed by atoms with Crippen LogP contribution in [-0.2, 0) is 12.8 Å². The van der Waals surface area contributed by atoms with Gasteiger partial charge >= 0.3 is 0 Å². The van der Waals surface area contributed by atoms with Crippen molar-refractivity contribution in [1.82, 2.24) is 15.1 Å². The van der Waals surface area contributed by atoms with E-state index in [0.29, 0.717) is 5.69 Å². The van der Waals surface area contributed by atoms with Crippen molar-refractivity contribution in [1.29, 1.82) is 0 Å². The summed E-state index contributed by atoms with van der Waals surface area (Å²) in [5.74, 6) is -0.451. The maximum Gasteiger partial charge on any atom is 0.272 e. The molecule has 132 valence electrons. The fraction of sp³-hybridized carbons (Fsp3) is 0.238. The van der Waals surface area contributed by atoms with Crippen LogP contribution < -0.4 is 5.32 Å². The molecule has 0 aliphatic heterocycles. The standard InChI is InChI=1S/C21H20FN3O/c1-14(15-6-3-2-4-7-15)23-21(26)20-18-8-5-9-19(18)25(24-20)17-12-10-16(22)11-13-17/h2-4,6-7,10-14H,5,8-9H2,1H3,(H,23,26)/t14-/m0/s1. The van der Waals surface area contributed by atoms with Crippen LogP contribution in [0.2, 0.25) is 0 Å². The van der Waals surface area contributed by atoms with Crippen molar-refractivity contribution in [2.75, 3.05) is 0 Å². The first-order valence-electron chi connectivity index (χ1n) is 8.86. The molecule has 4 nitrogen and oxygen atoms in total. The summed E-state index contributed by atoms with van der Waals surface area (Å²) >= 11 is 0. The minimum Gasteiger partial charge on any atom is -0.344 e. The lowest BCUT2D eigenvalue weighted by molar-refractivity contribution is 0.0933. The van der Waals surface area contributed by atoms with E-state index < -0.39 is 0 Å². The molecule has 4 rings (SSSR count).